The molecule has 2 aliphatic heterocycles. The van der Waals surface area contributed by atoms with Crippen molar-refractivity contribution in [3.05, 3.63) is 47.6 Å². The molecule has 0 unspecified atom stereocenters. The zero-order valence-corrected chi connectivity index (χ0v) is 38.7. The molecule has 2 saturated heterocycles. The molecule has 0 aromatic rings. The Bertz CT molecular complexity index is 2230. The zero-order chi connectivity index (χ0) is 47.4. The molecule has 8 fully saturated rings. The van der Waals surface area contributed by atoms with E-state index in [0.29, 0.717) is 24.0 Å². The molecule has 2 heterocycles. The van der Waals surface area contributed by atoms with Gasteiger partial charge in [-0.1, -0.05) is 39.8 Å². The van der Waals surface area contributed by atoms with Crippen molar-refractivity contribution in [1.82, 2.24) is 0 Å². The van der Waals surface area contributed by atoms with E-state index in [-0.39, 0.29) is 72.8 Å². The predicted molar refractivity (Wildman–Crippen MR) is 227 cm³/mol. The second-order valence-corrected chi connectivity index (χ2v) is 22.6. The summed E-state index contributed by atoms with van der Waals surface area (Å²) in [5, 5.41) is 32.8. The molecule has 356 valence electrons. The first-order valence-electron chi connectivity index (χ1n) is 23.3. The maximum Gasteiger partial charge on any atom is 0.303 e. The van der Waals surface area contributed by atoms with Crippen LogP contribution in [0.15, 0.2) is 47.6 Å². The second-order valence-electron chi connectivity index (χ2n) is 22.6. The third kappa shape index (κ3) is 6.33. The lowest BCUT2D eigenvalue weighted by atomic mass is 9.46. The summed E-state index contributed by atoms with van der Waals surface area (Å²) in [7, 11) is 0. The van der Waals surface area contributed by atoms with E-state index in [4.69, 9.17) is 23.7 Å². The largest absolute Gasteiger partial charge is 0.458 e. The zero-order valence-electron chi connectivity index (χ0n) is 38.7. The monoisotopic (exact) mass is 910 g/mol. The summed E-state index contributed by atoms with van der Waals surface area (Å²) in [6, 6.07) is 0. The summed E-state index contributed by atoms with van der Waals surface area (Å²) in [6.45, 7) is 14.7. The number of alkyl halides is 2. The highest BCUT2D eigenvalue weighted by atomic mass is 19.1. The van der Waals surface area contributed by atoms with Gasteiger partial charge in [-0.25, -0.2) is 8.78 Å². The smallest absolute Gasteiger partial charge is 0.303 e. The van der Waals surface area contributed by atoms with E-state index in [1.807, 2.05) is 27.7 Å². The molecule has 0 bridgehead atoms. The number of hydrogen-bond donors (Lipinski definition) is 3. The van der Waals surface area contributed by atoms with Crippen molar-refractivity contribution in [2.24, 2.45) is 57.2 Å². The number of carbonyl (C=O) groups is 5. The van der Waals surface area contributed by atoms with Crippen molar-refractivity contribution in [3.63, 3.8) is 0 Å². The van der Waals surface area contributed by atoms with Crippen LogP contribution in [0.2, 0.25) is 0 Å². The highest BCUT2D eigenvalue weighted by Gasteiger charge is 2.79. The summed E-state index contributed by atoms with van der Waals surface area (Å²) < 4.78 is 61.1. The minimum absolute atomic E-state index is 0.125. The van der Waals surface area contributed by atoms with Gasteiger partial charge in [-0.15, -0.1) is 0 Å². The predicted octanol–water partition coefficient (Wildman–Crippen LogP) is 5.12. The Morgan fingerprint density at radius 2 is 1.08 bits per heavy atom. The fourth-order valence-electron chi connectivity index (χ4n) is 16.3. The summed E-state index contributed by atoms with van der Waals surface area (Å²) in [4.78, 5) is 62.2. The van der Waals surface area contributed by atoms with Gasteiger partial charge in [0.1, 0.15) is 19.0 Å². The van der Waals surface area contributed by atoms with E-state index in [9.17, 15) is 39.3 Å². The number of halogens is 2. The van der Waals surface area contributed by atoms with Gasteiger partial charge in [0.05, 0.1) is 24.4 Å². The number of ether oxygens (including phenoxy) is 5. The maximum atomic E-state index is 15.6. The maximum absolute atomic E-state index is 15.6. The van der Waals surface area contributed by atoms with Gasteiger partial charge < -0.3 is 39.0 Å². The number of aliphatic hydroxyl groups excluding tert-OH is 3. The second kappa shape index (κ2) is 14.8. The Balaban J connectivity index is 0.000000165. The van der Waals surface area contributed by atoms with Crippen molar-refractivity contribution >= 4 is 29.1 Å². The van der Waals surface area contributed by atoms with Crippen LogP contribution in [-0.4, -0.2) is 117 Å². The number of fused-ring (bicyclic) bond motifs is 14. The Morgan fingerprint density at radius 1 is 0.677 bits per heavy atom. The van der Waals surface area contributed by atoms with Gasteiger partial charge in [0, 0.05) is 40.4 Å². The minimum Gasteiger partial charge on any atom is -0.458 e. The van der Waals surface area contributed by atoms with E-state index >= 15 is 8.78 Å². The van der Waals surface area contributed by atoms with Gasteiger partial charge >= 0.3 is 5.97 Å². The minimum atomic E-state index is -1.41. The van der Waals surface area contributed by atoms with Crippen molar-refractivity contribution < 1.29 is 71.8 Å². The van der Waals surface area contributed by atoms with Crippen molar-refractivity contribution in [3.8, 4) is 0 Å². The molecule has 0 amide bonds. The van der Waals surface area contributed by atoms with E-state index < -0.39 is 112 Å². The molecule has 3 N–H and O–H groups in total. The number of hydrogen-bond acceptors (Lipinski definition) is 13. The topological polar surface area (TPSA) is 192 Å². The molecule has 8 aliphatic carbocycles. The molecule has 10 aliphatic rings. The Morgan fingerprint density at radius 3 is 1.46 bits per heavy atom. The number of esters is 1. The molecule has 18 atom stereocenters. The Hall–Kier alpha value is -3.31. The van der Waals surface area contributed by atoms with Crippen LogP contribution in [0, 0.1) is 57.2 Å². The van der Waals surface area contributed by atoms with Gasteiger partial charge in [0.15, 0.2) is 46.7 Å². The van der Waals surface area contributed by atoms with Gasteiger partial charge in [0.25, 0.3) is 0 Å². The van der Waals surface area contributed by atoms with Gasteiger partial charge in [0.2, 0.25) is 5.78 Å². The number of carbonyl (C=O) groups excluding carboxylic acids is 5. The molecule has 0 aromatic heterocycles. The fourth-order valence-corrected chi connectivity index (χ4v) is 16.3. The van der Waals surface area contributed by atoms with E-state index in [0.717, 1.165) is 0 Å². The highest BCUT2D eigenvalue weighted by Crippen LogP contribution is 2.72. The number of ketones is 4. The van der Waals surface area contributed by atoms with Crippen molar-refractivity contribution in [2.45, 2.75) is 160 Å². The number of rotatable bonds is 5. The fraction of sp³-hybridized carbons (Fsp3) is 0.740. The molecule has 10 rings (SSSR count). The van der Waals surface area contributed by atoms with E-state index in [1.165, 1.54) is 31.2 Å². The number of aliphatic hydroxyl groups is 3. The lowest BCUT2D eigenvalue weighted by Crippen LogP contribution is -2.64. The average molecular weight is 911 g/mol. The molecule has 0 aromatic carbocycles. The molecular formula is C50H64F2O13. The normalized spacial score (nSPS) is 50.1. The first-order valence-corrected chi connectivity index (χ1v) is 23.3. The van der Waals surface area contributed by atoms with Gasteiger partial charge in [-0.05, 0) is 125 Å². The summed E-state index contributed by atoms with van der Waals surface area (Å²) in [6.07, 6.45) is 5.60. The summed E-state index contributed by atoms with van der Waals surface area (Å²) in [5.41, 5.74) is -5.12. The first-order chi connectivity index (χ1) is 30.1. The first kappa shape index (κ1) is 46.8. The third-order valence-electron chi connectivity index (χ3n) is 18.3. The van der Waals surface area contributed by atoms with Crippen LogP contribution >= 0.6 is 0 Å². The van der Waals surface area contributed by atoms with Crippen molar-refractivity contribution in [2.75, 3.05) is 13.2 Å². The van der Waals surface area contributed by atoms with Crippen LogP contribution in [-0.2, 0) is 47.7 Å². The van der Waals surface area contributed by atoms with Crippen LogP contribution in [0.25, 0.3) is 0 Å². The van der Waals surface area contributed by atoms with Gasteiger partial charge in [-0.3, -0.25) is 24.0 Å². The Kier molecular flexibility index (Phi) is 10.7. The van der Waals surface area contributed by atoms with E-state index in [2.05, 4.69) is 0 Å². The van der Waals surface area contributed by atoms with Crippen molar-refractivity contribution in [1.29, 1.82) is 0 Å². The molecular weight excluding hydrogens is 847 g/mol. The lowest BCUT2D eigenvalue weighted by Gasteiger charge is -2.60. The summed E-state index contributed by atoms with van der Waals surface area (Å²) in [5.74, 6) is -5.22. The molecule has 0 spiro atoms. The standard InChI is InChI=1S/C26H33FO7.C24H31FO6/c1-13(28)32-12-20(31)26-21(33-23(2,3)34-26)10-16-15-9-18(27)17-8-14(29)6-7-24(17,4)22(15)19(30)11-25(16,26)5;1-21(2)30-19-9-14-13-8-16(25)15-7-12(27)5-6-22(15,3)20(13)17(28)10-23(14,4)24(19,31-21)18(29)11-26/h6-8,15-16,18-19,21-22,30H,9-12H2,1-5H3;5-7,13-14,16-17,19-20,26,28H,8-11H2,1-4H3/t15-,16-,18-,19-,21+,22+,24-,25-,26+;13-,14-,16-,17-,19+,20+,22-,23-,24+/m00/s1. The molecule has 15 heteroatoms. The third-order valence-corrected chi connectivity index (χ3v) is 18.3. The molecule has 6 saturated carbocycles. The quantitative estimate of drug-likeness (QED) is 0.309. The number of allylic oxidation sites excluding steroid dienone is 8. The summed E-state index contributed by atoms with van der Waals surface area (Å²) >= 11 is 0. The lowest BCUT2D eigenvalue weighted by molar-refractivity contribution is -0.227. The van der Waals surface area contributed by atoms with Crippen LogP contribution < -0.4 is 0 Å². The SMILES string of the molecule is CC(=O)OCC(=O)[C@@]12OC(C)(C)O[C@@H]1C[C@H]1[C@@H]3C[C@H](F)C4=CC(=O)C=C[C@]4(C)[C@H]3[C@@H](O)C[C@@]12C.CC1(C)O[C@@H]2C[C@H]3[C@@H]4C[C@H](F)C5=CC(=O)C=C[C@]5(C)[C@H]4[C@@H](O)C[C@]3(C)[C@]2(C(=O)CO)O1. The van der Waals surface area contributed by atoms with Gasteiger partial charge in [-0.2, -0.15) is 0 Å². The molecule has 0 radical (unpaired) electrons. The van der Waals surface area contributed by atoms with Crippen LogP contribution in [0.3, 0.4) is 0 Å². The molecule has 13 nitrogen and oxygen atoms in total. The highest BCUT2D eigenvalue weighted by molar-refractivity contribution is 6.02. The van der Waals surface area contributed by atoms with E-state index in [1.54, 1.807) is 39.8 Å². The van der Waals surface area contributed by atoms with Crippen LogP contribution in [0.1, 0.15) is 101 Å². The molecule has 65 heavy (non-hydrogen) atoms. The number of Topliss-reactive ketones (excluding diaryl/α,β-unsaturated/α-hetero) is 2. The van der Waals surface area contributed by atoms with Crippen LogP contribution in [0.5, 0.6) is 0 Å². The van der Waals surface area contributed by atoms with Crippen LogP contribution in [0.4, 0.5) is 8.78 Å². The average Bonchev–Trinajstić information content (AvgIpc) is 3.82. The Labute approximate surface area is 378 Å².